The van der Waals surface area contributed by atoms with E-state index in [0.29, 0.717) is 5.75 Å². The monoisotopic (exact) mass is 191 g/mol. The Labute approximate surface area is 84.7 Å². The number of hydrogen-bond acceptors (Lipinski definition) is 2. The molecule has 0 saturated heterocycles. The number of nitrogens with two attached hydrogens (primary N) is 1. The second-order valence-electron chi connectivity index (χ2n) is 4.25. The standard InChI is InChI=1S/C12H17NO/c1-2-9-6-10(8-11(14)7-9)12(13)4-3-5-12/h6-8,14H,2-5,13H2,1H3. The first kappa shape index (κ1) is 9.53. The Kier molecular flexibility index (Phi) is 2.23. The van der Waals surface area contributed by atoms with E-state index < -0.39 is 0 Å². The molecule has 0 spiro atoms. The summed E-state index contributed by atoms with van der Waals surface area (Å²) < 4.78 is 0. The van der Waals surface area contributed by atoms with Crippen molar-refractivity contribution in [1.29, 1.82) is 0 Å². The molecule has 0 radical (unpaired) electrons. The first-order valence-electron chi connectivity index (χ1n) is 5.26. The van der Waals surface area contributed by atoms with Crippen molar-refractivity contribution in [3.05, 3.63) is 29.3 Å². The van der Waals surface area contributed by atoms with Crippen LogP contribution < -0.4 is 5.73 Å². The minimum atomic E-state index is -0.164. The minimum Gasteiger partial charge on any atom is -0.508 e. The van der Waals surface area contributed by atoms with Gasteiger partial charge in [0, 0.05) is 5.54 Å². The van der Waals surface area contributed by atoms with Gasteiger partial charge in [0.2, 0.25) is 0 Å². The van der Waals surface area contributed by atoms with E-state index in [0.717, 1.165) is 30.4 Å². The van der Waals surface area contributed by atoms with Crippen LogP contribution in [0.15, 0.2) is 18.2 Å². The zero-order valence-electron chi connectivity index (χ0n) is 8.59. The van der Waals surface area contributed by atoms with Crippen LogP contribution in [0.25, 0.3) is 0 Å². The molecule has 3 N–H and O–H groups in total. The molecular weight excluding hydrogens is 174 g/mol. The molecule has 1 aliphatic carbocycles. The molecule has 2 rings (SSSR count). The van der Waals surface area contributed by atoms with Crippen molar-refractivity contribution in [2.24, 2.45) is 5.73 Å². The Morgan fingerprint density at radius 3 is 2.57 bits per heavy atom. The van der Waals surface area contributed by atoms with E-state index in [1.54, 1.807) is 6.07 Å². The van der Waals surface area contributed by atoms with Gasteiger partial charge in [-0.1, -0.05) is 13.0 Å². The van der Waals surface area contributed by atoms with E-state index in [1.165, 1.54) is 6.42 Å². The highest BCUT2D eigenvalue weighted by molar-refractivity contribution is 5.38. The van der Waals surface area contributed by atoms with E-state index in [9.17, 15) is 5.11 Å². The van der Waals surface area contributed by atoms with Gasteiger partial charge in [0.15, 0.2) is 0 Å². The molecule has 1 aliphatic rings. The van der Waals surface area contributed by atoms with Crippen LogP contribution in [0.5, 0.6) is 5.75 Å². The molecule has 0 aliphatic heterocycles. The molecule has 1 aromatic carbocycles. The summed E-state index contributed by atoms with van der Waals surface area (Å²) in [4.78, 5) is 0. The number of benzene rings is 1. The fourth-order valence-electron chi connectivity index (χ4n) is 2.01. The summed E-state index contributed by atoms with van der Waals surface area (Å²) in [7, 11) is 0. The highest BCUT2D eigenvalue weighted by Gasteiger charge is 2.34. The lowest BCUT2D eigenvalue weighted by atomic mass is 9.72. The second kappa shape index (κ2) is 3.28. The molecule has 1 aromatic rings. The SMILES string of the molecule is CCc1cc(O)cc(C2(N)CCC2)c1. The third-order valence-electron chi connectivity index (χ3n) is 3.21. The topological polar surface area (TPSA) is 46.2 Å². The Morgan fingerprint density at radius 1 is 1.36 bits per heavy atom. The summed E-state index contributed by atoms with van der Waals surface area (Å²) in [6, 6.07) is 5.74. The molecule has 0 heterocycles. The largest absolute Gasteiger partial charge is 0.508 e. The van der Waals surface area contributed by atoms with Gasteiger partial charge in [0.25, 0.3) is 0 Å². The number of phenols is 1. The Balaban J connectivity index is 2.37. The second-order valence-corrected chi connectivity index (χ2v) is 4.25. The van der Waals surface area contributed by atoms with Crippen molar-refractivity contribution in [1.82, 2.24) is 0 Å². The summed E-state index contributed by atoms with van der Waals surface area (Å²) in [6.07, 6.45) is 4.23. The predicted octanol–water partition coefficient (Wildman–Crippen LogP) is 2.29. The summed E-state index contributed by atoms with van der Waals surface area (Å²) in [6.45, 7) is 2.09. The van der Waals surface area contributed by atoms with Crippen LogP contribution in [-0.2, 0) is 12.0 Å². The molecule has 1 saturated carbocycles. The minimum absolute atomic E-state index is 0.164. The van der Waals surface area contributed by atoms with Gasteiger partial charge >= 0.3 is 0 Å². The van der Waals surface area contributed by atoms with Gasteiger partial charge in [-0.3, -0.25) is 0 Å². The number of rotatable bonds is 2. The Bertz CT molecular complexity index is 342. The lowest BCUT2D eigenvalue weighted by Gasteiger charge is -2.38. The van der Waals surface area contributed by atoms with Gasteiger partial charge in [0.1, 0.15) is 5.75 Å². The normalized spacial score (nSPS) is 19.0. The van der Waals surface area contributed by atoms with E-state index >= 15 is 0 Å². The van der Waals surface area contributed by atoms with Crippen molar-refractivity contribution in [3.63, 3.8) is 0 Å². The number of aromatic hydroxyl groups is 1. The fraction of sp³-hybridized carbons (Fsp3) is 0.500. The zero-order valence-corrected chi connectivity index (χ0v) is 8.59. The van der Waals surface area contributed by atoms with Crippen molar-refractivity contribution >= 4 is 0 Å². The number of phenolic OH excluding ortho intramolecular Hbond substituents is 1. The van der Waals surface area contributed by atoms with Gasteiger partial charge in [-0.05, 0) is 48.9 Å². The van der Waals surface area contributed by atoms with Crippen LogP contribution in [0.1, 0.15) is 37.3 Å². The van der Waals surface area contributed by atoms with Crippen LogP contribution in [-0.4, -0.2) is 5.11 Å². The summed E-state index contributed by atoms with van der Waals surface area (Å²) in [5.74, 6) is 0.344. The quantitative estimate of drug-likeness (QED) is 0.753. The first-order valence-corrected chi connectivity index (χ1v) is 5.26. The zero-order chi connectivity index (χ0) is 10.2. The first-order chi connectivity index (χ1) is 6.64. The van der Waals surface area contributed by atoms with Crippen LogP contribution in [0.2, 0.25) is 0 Å². The van der Waals surface area contributed by atoms with Gasteiger partial charge < -0.3 is 10.8 Å². The molecular formula is C12H17NO. The molecule has 0 amide bonds. The molecule has 76 valence electrons. The third-order valence-corrected chi connectivity index (χ3v) is 3.21. The average Bonchev–Trinajstić information content (AvgIpc) is 2.13. The number of hydrogen-bond donors (Lipinski definition) is 2. The van der Waals surface area contributed by atoms with Gasteiger partial charge in [0.05, 0.1) is 0 Å². The average molecular weight is 191 g/mol. The molecule has 1 fully saturated rings. The summed E-state index contributed by atoms with van der Waals surface area (Å²) >= 11 is 0. The van der Waals surface area contributed by atoms with E-state index in [1.807, 2.05) is 6.07 Å². The van der Waals surface area contributed by atoms with Crippen LogP contribution in [0.3, 0.4) is 0 Å². The summed E-state index contributed by atoms with van der Waals surface area (Å²) in [5.41, 5.74) is 8.30. The van der Waals surface area contributed by atoms with Crippen molar-refractivity contribution in [3.8, 4) is 5.75 Å². The molecule has 2 nitrogen and oxygen atoms in total. The number of aryl methyl sites for hydroxylation is 1. The Morgan fingerprint density at radius 2 is 2.07 bits per heavy atom. The Hall–Kier alpha value is -1.02. The van der Waals surface area contributed by atoms with Crippen LogP contribution in [0, 0.1) is 0 Å². The molecule has 0 aromatic heterocycles. The van der Waals surface area contributed by atoms with Crippen molar-refractivity contribution < 1.29 is 5.11 Å². The predicted molar refractivity (Wildman–Crippen MR) is 57.2 cm³/mol. The molecule has 0 bridgehead atoms. The lowest BCUT2D eigenvalue weighted by molar-refractivity contribution is 0.252. The van der Waals surface area contributed by atoms with E-state index in [4.69, 9.17) is 5.73 Å². The maximum Gasteiger partial charge on any atom is 0.116 e. The van der Waals surface area contributed by atoms with E-state index in [2.05, 4.69) is 13.0 Å². The maximum atomic E-state index is 9.55. The van der Waals surface area contributed by atoms with Crippen molar-refractivity contribution in [2.75, 3.05) is 0 Å². The molecule has 0 unspecified atom stereocenters. The maximum absolute atomic E-state index is 9.55. The smallest absolute Gasteiger partial charge is 0.116 e. The lowest BCUT2D eigenvalue weighted by Crippen LogP contribution is -2.43. The third kappa shape index (κ3) is 1.50. The fourth-order valence-corrected chi connectivity index (χ4v) is 2.01. The molecule has 2 heteroatoms. The highest BCUT2D eigenvalue weighted by atomic mass is 16.3. The van der Waals surface area contributed by atoms with Gasteiger partial charge in [-0.25, -0.2) is 0 Å². The highest BCUT2D eigenvalue weighted by Crippen LogP contribution is 2.40. The molecule has 14 heavy (non-hydrogen) atoms. The van der Waals surface area contributed by atoms with Crippen molar-refractivity contribution in [2.45, 2.75) is 38.1 Å². The van der Waals surface area contributed by atoms with Gasteiger partial charge in [-0.2, -0.15) is 0 Å². The van der Waals surface area contributed by atoms with E-state index in [-0.39, 0.29) is 5.54 Å². The molecule has 0 atom stereocenters. The van der Waals surface area contributed by atoms with Crippen LogP contribution in [0.4, 0.5) is 0 Å². The summed E-state index contributed by atoms with van der Waals surface area (Å²) in [5, 5.41) is 9.55. The van der Waals surface area contributed by atoms with Gasteiger partial charge in [-0.15, -0.1) is 0 Å². The van der Waals surface area contributed by atoms with Crippen LogP contribution >= 0.6 is 0 Å².